The van der Waals surface area contributed by atoms with Crippen molar-refractivity contribution in [3.05, 3.63) is 47.3 Å². The molecule has 0 saturated carbocycles. The van der Waals surface area contributed by atoms with Crippen LogP contribution in [0.4, 0.5) is 19.3 Å². The van der Waals surface area contributed by atoms with Gasteiger partial charge in [-0.1, -0.05) is 0 Å². The van der Waals surface area contributed by atoms with Crippen LogP contribution < -0.4 is 9.64 Å². The van der Waals surface area contributed by atoms with E-state index in [1.165, 1.54) is 15.9 Å². The minimum atomic E-state index is -1.02. The number of piperidine rings is 1. The smallest absolute Gasteiger partial charge is 0.325 e. The lowest BCUT2D eigenvalue weighted by Crippen LogP contribution is -2.48. The lowest BCUT2D eigenvalue weighted by Gasteiger charge is -2.33. The number of benzene rings is 1. The molecule has 8 nitrogen and oxygen atoms in total. The second-order valence-electron chi connectivity index (χ2n) is 8.11. The highest BCUT2D eigenvalue weighted by Gasteiger charge is 2.33. The Hall–Kier alpha value is -3.30. The van der Waals surface area contributed by atoms with Crippen molar-refractivity contribution < 1.29 is 23.1 Å². The molecule has 1 atom stereocenters. The van der Waals surface area contributed by atoms with E-state index < -0.39 is 17.7 Å². The Morgan fingerprint density at radius 1 is 1.09 bits per heavy atom. The molecule has 2 saturated heterocycles. The fraction of sp³-hybridized carbons (Fsp3) is 0.455. The molecule has 2 fully saturated rings. The zero-order chi connectivity index (χ0) is 22.8. The molecule has 1 aromatic heterocycles. The maximum absolute atomic E-state index is 13.5. The number of carbonyl (C=O) groups excluding carboxylic acids is 2. The summed E-state index contributed by atoms with van der Waals surface area (Å²) >= 11 is 0. The molecule has 2 aromatic rings. The first kappa shape index (κ1) is 21.9. The topological polar surface area (TPSA) is 78.9 Å². The normalized spacial score (nSPS) is 18.9. The van der Waals surface area contributed by atoms with Crippen LogP contribution in [-0.2, 0) is 4.79 Å². The summed E-state index contributed by atoms with van der Waals surface area (Å²) < 4.78 is 32.6. The number of hydrogen-bond donors (Lipinski definition) is 0. The SMILES string of the molecule is Cc1cc(C)nc(O[C@@H]2CCCN(C(=O)CN3CCN(c4ccc(F)c(F)c4)C3=O)C2)n1. The number of halogens is 2. The van der Waals surface area contributed by atoms with Crippen molar-refractivity contribution in [2.75, 3.05) is 37.6 Å². The Labute approximate surface area is 184 Å². The van der Waals surface area contributed by atoms with E-state index in [0.717, 1.165) is 36.4 Å². The van der Waals surface area contributed by atoms with Crippen LogP contribution >= 0.6 is 0 Å². The van der Waals surface area contributed by atoms with E-state index in [9.17, 15) is 18.4 Å². The van der Waals surface area contributed by atoms with Gasteiger partial charge in [0, 0.05) is 42.8 Å². The zero-order valence-corrected chi connectivity index (χ0v) is 18.1. The van der Waals surface area contributed by atoms with E-state index in [1.54, 1.807) is 4.90 Å². The first-order valence-electron chi connectivity index (χ1n) is 10.6. The number of nitrogens with zero attached hydrogens (tertiary/aromatic N) is 5. The van der Waals surface area contributed by atoms with Gasteiger partial charge in [0.1, 0.15) is 12.6 Å². The average Bonchev–Trinajstić information content (AvgIpc) is 3.09. The van der Waals surface area contributed by atoms with E-state index in [-0.39, 0.29) is 24.2 Å². The van der Waals surface area contributed by atoms with Gasteiger partial charge in [-0.05, 0) is 44.9 Å². The van der Waals surface area contributed by atoms with Crippen LogP contribution in [0.2, 0.25) is 0 Å². The van der Waals surface area contributed by atoms with E-state index in [1.807, 2.05) is 19.9 Å². The van der Waals surface area contributed by atoms with Gasteiger partial charge in [0.15, 0.2) is 11.6 Å². The van der Waals surface area contributed by atoms with E-state index in [0.29, 0.717) is 32.2 Å². The van der Waals surface area contributed by atoms with E-state index in [2.05, 4.69) is 9.97 Å². The average molecular weight is 445 g/mol. The van der Waals surface area contributed by atoms with Gasteiger partial charge >= 0.3 is 12.0 Å². The predicted molar refractivity (Wildman–Crippen MR) is 112 cm³/mol. The molecule has 1 aromatic carbocycles. The van der Waals surface area contributed by atoms with Crippen molar-refractivity contribution in [3.63, 3.8) is 0 Å². The summed E-state index contributed by atoms with van der Waals surface area (Å²) in [4.78, 5) is 38.6. The highest BCUT2D eigenvalue weighted by molar-refractivity contribution is 5.96. The Kier molecular flexibility index (Phi) is 6.20. The molecule has 3 amide bonds. The number of likely N-dealkylation sites (tertiary alicyclic amines) is 1. The predicted octanol–water partition coefficient (Wildman–Crippen LogP) is 2.68. The Morgan fingerprint density at radius 3 is 2.56 bits per heavy atom. The lowest BCUT2D eigenvalue weighted by molar-refractivity contribution is -0.134. The molecule has 4 rings (SSSR count). The van der Waals surface area contributed by atoms with Crippen molar-refractivity contribution in [2.45, 2.75) is 32.8 Å². The van der Waals surface area contributed by atoms with Gasteiger partial charge in [0.05, 0.1) is 6.54 Å². The van der Waals surface area contributed by atoms with E-state index >= 15 is 0 Å². The van der Waals surface area contributed by atoms with Gasteiger partial charge in [-0.3, -0.25) is 9.69 Å². The Bertz CT molecular complexity index is 1010. The molecule has 0 aliphatic carbocycles. The highest BCUT2D eigenvalue weighted by Crippen LogP contribution is 2.23. The molecule has 0 bridgehead atoms. The number of amides is 3. The lowest BCUT2D eigenvalue weighted by atomic mass is 10.1. The van der Waals surface area contributed by atoms with Crippen molar-refractivity contribution in [1.29, 1.82) is 0 Å². The van der Waals surface area contributed by atoms with Gasteiger partial charge in [-0.2, -0.15) is 0 Å². The number of ether oxygens (including phenoxy) is 1. The Morgan fingerprint density at radius 2 is 1.84 bits per heavy atom. The third-order valence-corrected chi connectivity index (χ3v) is 5.60. The second kappa shape index (κ2) is 9.05. The molecular weight excluding hydrogens is 420 g/mol. The van der Waals surface area contributed by atoms with Gasteiger partial charge in [0.2, 0.25) is 5.91 Å². The number of hydrogen-bond acceptors (Lipinski definition) is 5. The molecule has 0 spiro atoms. The summed E-state index contributed by atoms with van der Waals surface area (Å²) in [5.74, 6) is -2.17. The Balaban J connectivity index is 1.35. The first-order chi connectivity index (χ1) is 15.3. The molecular formula is C22H25F2N5O3. The number of carbonyl (C=O) groups is 2. The molecule has 32 heavy (non-hydrogen) atoms. The van der Waals surface area contributed by atoms with Crippen LogP contribution in [0.5, 0.6) is 6.01 Å². The molecule has 170 valence electrons. The van der Waals surface area contributed by atoms with Crippen molar-refractivity contribution in [2.24, 2.45) is 0 Å². The summed E-state index contributed by atoms with van der Waals surface area (Å²) in [6.07, 6.45) is 1.34. The molecule has 3 heterocycles. The molecule has 0 radical (unpaired) electrons. The third-order valence-electron chi connectivity index (χ3n) is 5.60. The fourth-order valence-corrected chi connectivity index (χ4v) is 4.04. The van der Waals surface area contributed by atoms with Gasteiger partial charge in [0.25, 0.3) is 0 Å². The monoisotopic (exact) mass is 445 g/mol. The number of urea groups is 1. The molecule has 10 heteroatoms. The fourth-order valence-electron chi connectivity index (χ4n) is 4.04. The second-order valence-corrected chi connectivity index (χ2v) is 8.11. The molecule has 0 unspecified atom stereocenters. The largest absolute Gasteiger partial charge is 0.458 e. The number of aromatic nitrogens is 2. The summed E-state index contributed by atoms with van der Waals surface area (Å²) in [5, 5.41) is 0. The standard InChI is InChI=1S/C22H25F2N5O3/c1-14-10-15(2)26-21(25-14)32-17-4-3-7-27(12-17)20(30)13-28-8-9-29(22(28)31)16-5-6-18(23)19(24)11-16/h5-6,10-11,17H,3-4,7-9,12-13H2,1-2H3/t17-/m1/s1. The molecule has 2 aliphatic rings. The van der Waals surface area contributed by atoms with Crippen LogP contribution in [0.15, 0.2) is 24.3 Å². The highest BCUT2D eigenvalue weighted by atomic mass is 19.2. The van der Waals surface area contributed by atoms with Crippen LogP contribution in [-0.4, -0.2) is 70.5 Å². The minimum Gasteiger partial charge on any atom is -0.458 e. The van der Waals surface area contributed by atoms with Crippen LogP contribution in [0, 0.1) is 25.5 Å². The van der Waals surface area contributed by atoms with Crippen molar-refractivity contribution in [1.82, 2.24) is 19.8 Å². The summed E-state index contributed by atoms with van der Waals surface area (Å²) in [5.41, 5.74) is 1.90. The van der Waals surface area contributed by atoms with Crippen molar-refractivity contribution >= 4 is 17.6 Å². The van der Waals surface area contributed by atoms with Crippen molar-refractivity contribution in [3.8, 4) is 6.01 Å². The third kappa shape index (κ3) is 4.79. The number of aryl methyl sites for hydroxylation is 2. The maximum atomic E-state index is 13.5. The van der Waals surface area contributed by atoms with Crippen LogP contribution in [0.25, 0.3) is 0 Å². The summed E-state index contributed by atoms with van der Waals surface area (Å²) in [6, 6.07) is 5.08. The van der Waals surface area contributed by atoms with E-state index in [4.69, 9.17) is 4.74 Å². The number of rotatable bonds is 5. The maximum Gasteiger partial charge on any atom is 0.325 e. The van der Waals surface area contributed by atoms with Gasteiger partial charge in [-0.25, -0.2) is 23.5 Å². The first-order valence-corrected chi connectivity index (χ1v) is 10.6. The zero-order valence-electron chi connectivity index (χ0n) is 18.1. The molecule has 0 N–H and O–H groups in total. The van der Waals surface area contributed by atoms with Crippen LogP contribution in [0.3, 0.4) is 0 Å². The summed E-state index contributed by atoms with van der Waals surface area (Å²) in [7, 11) is 0. The minimum absolute atomic E-state index is 0.0776. The summed E-state index contributed by atoms with van der Waals surface area (Å²) in [6.45, 7) is 5.27. The number of anilines is 1. The molecule has 2 aliphatic heterocycles. The van der Waals surface area contributed by atoms with Gasteiger partial charge in [-0.15, -0.1) is 0 Å². The van der Waals surface area contributed by atoms with Crippen LogP contribution in [0.1, 0.15) is 24.2 Å². The van der Waals surface area contributed by atoms with Gasteiger partial charge < -0.3 is 14.5 Å². The quantitative estimate of drug-likeness (QED) is 0.707.